The number of aryl methyl sites for hydroxylation is 1. The van der Waals surface area contributed by atoms with Gasteiger partial charge in [0.2, 0.25) is 0 Å². The Morgan fingerprint density at radius 3 is 2.40 bits per heavy atom. The smallest absolute Gasteiger partial charge is 0.339 e. The minimum absolute atomic E-state index is 0.0712. The molecule has 1 aromatic carbocycles. The second-order valence-corrected chi connectivity index (χ2v) is 6.66. The van der Waals surface area contributed by atoms with E-state index in [1.54, 1.807) is 11.8 Å². The van der Waals surface area contributed by atoms with Crippen LogP contribution in [0.3, 0.4) is 0 Å². The molecule has 0 atom stereocenters. The van der Waals surface area contributed by atoms with Gasteiger partial charge in [-0.15, -0.1) is 0 Å². The van der Waals surface area contributed by atoms with Crippen LogP contribution in [-0.2, 0) is 6.42 Å². The number of hydrogen-bond donors (Lipinski definition) is 1. The summed E-state index contributed by atoms with van der Waals surface area (Å²) in [5.41, 5.74) is 1.30. The fourth-order valence-electron chi connectivity index (χ4n) is 3.28. The summed E-state index contributed by atoms with van der Waals surface area (Å²) in [5.74, 6) is -0.456. The molecule has 2 heterocycles. The van der Waals surface area contributed by atoms with E-state index in [-0.39, 0.29) is 17.2 Å². The molecular weight excluding hydrogens is 342 g/mol. The molecule has 0 bridgehead atoms. The second kappa shape index (κ2) is 7.31. The Balaban J connectivity index is 1.67. The van der Waals surface area contributed by atoms with Gasteiger partial charge in [0.15, 0.2) is 5.76 Å². The monoisotopic (exact) mass is 361 g/mol. The zero-order valence-electron chi connectivity index (χ0n) is 14.0. The predicted molar refractivity (Wildman–Crippen MR) is 94.4 cm³/mol. The first-order valence-electron chi connectivity index (χ1n) is 8.40. The highest BCUT2D eigenvalue weighted by Crippen LogP contribution is 2.30. The average Bonchev–Trinajstić information content (AvgIpc) is 3.07. The van der Waals surface area contributed by atoms with Crippen LogP contribution in [0.15, 0.2) is 34.7 Å². The molecule has 1 amide bonds. The molecule has 1 aliphatic rings. The zero-order chi connectivity index (χ0) is 18.0. The lowest BCUT2D eigenvalue weighted by Gasteiger charge is -2.31. The summed E-state index contributed by atoms with van der Waals surface area (Å²) in [4.78, 5) is 25.6. The van der Waals surface area contributed by atoms with Crippen LogP contribution in [-0.4, -0.2) is 35.0 Å². The van der Waals surface area contributed by atoms with E-state index < -0.39 is 5.97 Å². The summed E-state index contributed by atoms with van der Waals surface area (Å²) in [6, 6.07) is 9.18. The van der Waals surface area contributed by atoms with Crippen LogP contribution in [0.2, 0.25) is 5.02 Å². The van der Waals surface area contributed by atoms with Gasteiger partial charge in [-0.25, -0.2) is 4.79 Å². The zero-order valence-corrected chi connectivity index (χ0v) is 14.8. The van der Waals surface area contributed by atoms with Crippen molar-refractivity contribution in [2.24, 2.45) is 0 Å². The lowest BCUT2D eigenvalue weighted by atomic mass is 9.89. The number of halogens is 1. The minimum atomic E-state index is -1.07. The fraction of sp³-hybridized carbons (Fsp3) is 0.368. The van der Waals surface area contributed by atoms with Gasteiger partial charge in [0, 0.05) is 30.6 Å². The molecule has 2 aromatic rings. The van der Waals surface area contributed by atoms with Gasteiger partial charge in [-0.1, -0.05) is 30.7 Å². The topological polar surface area (TPSA) is 70.8 Å². The van der Waals surface area contributed by atoms with Crippen molar-refractivity contribution in [2.45, 2.75) is 32.1 Å². The summed E-state index contributed by atoms with van der Waals surface area (Å²) < 4.78 is 5.48. The number of benzene rings is 1. The molecule has 0 saturated carbocycles. The van der Waals surface area contributed by atoms with Crippen LogP contribution in [0, 0.1) is 0 Å². The first kappa shape index (κ1) is 17.5. The van der Waals surface area contributed by atoms with Gasteiger partial charge < -0.3 is 14.4 Å². The molecule has 1 saturated heterocycles. The quantitative estimate of drug-likeness (QED) is 0.885. The van der Waals surface area contributed by atoms with E-state index >= 15 is 0 Å². The molecule has 6 heteroatoms. The maximum absolute atomic E-state index is 12.6. The largest absolute Gasteiger partial charge is 0.478 e. The number of carboxylic acid groups (broad SMARTS) is 1. The molecule has 0 spiro atoms. The Morgan fingerprint density at radius 2 is 1.88 bits per heavy atom. The number of furan rings is 1. The van der Waals surface area contributed by atoms with E-state index in [9.17, 15) is 14.7 Å². The van der Waals surface area contributed by atoms with Crippen LogP contribution in [0.4, 0.5) is 0 Å². The van der Waals surface area contributed by atoms with Crippen molar-refractivity contribution in [2.75, 3.05) is 13.1 Å². The Morgan fingerprint density at radius 1 is 1.24 bits per heavy atom. The molecule has 132 valence electrons. The van der Waals surface area contributed by atoms with Crippen molar-refractivity contribution in [3.8, 4) is 0 Å². The van der Waals surface area contributed by atoms with E-state index in [1.165, 1.54) is 11.6 Å². The van der Waals surface area contributed by atoms with Crippen molar-refractivity contribution in [3.63, 3.8) is 0 Å². The van der Waals surface area contributed by atoms with Crippen molar-refractivity contribution in [3.05, 3.63) is 58.0 Å². The van der Waals surface area contributed by atoms with Gasteiger partial charge in [-0.2, -0.15) is 0 Å². The van der Waals surface area contributed by atoms with Crippen molar-refractivity contribution in [1.29, 1.82) is 0 Å². The molecule has 25 heavy (non-hydrogen) atoms. The molecule has 1 aliphatic heterocycles. The summed E-state index contributed by atoms with van der Waals surface area (Å²) in [5, 5.41) is 9.91. The molecule has 1 fully saturated rings. The van der Waals surface area contributed by atoms with Crippen LogP contribution in [0.5, 0.6) is 0 Å². The van der Waals surface area contributed by atoms with Gasteiger partial charge in [-0.05, 0) is 36.5 Å². The summed E-state index contributed by atoms with van der Waals surface area (Å²) in [6.07, 6.45) is 2.16. The standard InChI is InChI=1S/C19H20ClNO4/c1-2-16-15(19(23)24)11-17(25-16)18(22)21-9-7-13(8-10-21)12-3-5-14(20)6-4-12/h3-6,11,13H,2,7-10H2,1H3,(H,23,24). The number of rotatable bonds is 4. The third-order valence-electron chi connectivity index (χ3n) is 4.69. The van der Waals surface area contributed by atoms with Gasteiger partial charge in [0.1, 0.15) is 11.3 Å². The van der Waals surface area contributed by atoms with Crippen LogP contribution < -0.4 is 0 Å². The van der Waals surface area contributed by atoms with E-state index in [1.807, 2.05) is 24.3 Å². The van der Waals surface area contributed by atoms with Crippen LogP contribution in [0.1, 0.15) is 57.9 Å². The number of carbonyl (C=O) groups is 2. The SMILES string of the molecule is CCc1oc(C(=O)N2CCC(c3ccc(Cl)cc3)CC2)cc1C(=O)O. The molecule has 0 radical (unpaired) electrons. The number of hydrogen-bond acceptors (Lipinski definition) is 3. The molecule has 0 aliphatic carbocycles. The maximum Gasteiger partial charge on any atom is 0.339 e. The summed E-state index contributed by atoms with van der Waals surface area (Å²) in [7, 11) is 0. The van der Waals surface area contributed by atoms with E-state index in [2.05, 4.69) is 0 Å². The normalized spacial score (nSPS) is 15.4. The van der Waals surface area contributed by atoms with Crippen LogP contribution >= 0.6 is 11.6 Å². The number of amides is 1. The maximum atomic E-state index is 12.6. The highest BCUT2D eigenvalue weighted by atomic mass is 35.5. The third-order valence-corrected chi connectivity index (χ3v) is 4.95. The average molecular weight is 362 g/mol. The lowest BCUT2D eigenvalue weighted by molar-refractivity contribution is 0.0674. The van der Waals surface area contributed by atoms with Crippen molar-refractivity contribution < 1.29 is 19.1 Å². The Kier molecular flexibility index (Phi) is 5.13. The first-order valence-corrected chi connectivity index (χ1v) is 8.78. The lowest BCUT2D eigenvalue weighted by Crippen LogP contribution is -2.37. The Hall–Kier alpha value is -2.27. The number of carbonyl (C=O) groups excluding carboxylic acids is 1. The van der Waals surface area contributed by atoms with Crippen molar-refractivity contribution >= 4 is 23.5 Å². The Labute approximate surface area is 151 Å². The number of carboxylic acids is 1. The van der Waals surface area contributed by atoms with Crippen molar-refractivity contribution in [1.82, 2.24) is 4.90 Å². The van der Waals surface area contributed by atoms with Crippen LogP contribution in [0.25, 0.3) is 0 Å². The number of likely N-dealkylation sites (tertiary alicyclic amines) is 1. The number of piperidine rings is 1. The Bertz CT molecular complexity index is 773. The van der Waals surface area contributed by atoms with Gasteiger partial charge >= 0.3 is 5.97 Å². The third kappa shape index (κ3) is 3.71. The summed E-state index contributed by atoms with van der Waals surface area (Å²) in [6.45, 7) is 3.05. The molecule has 1 N–H and O–H groups in total. The minimum Gasteiger partial charge on any atom is -0.478 e. The molecule has 3 rings (SSSR count). The first-order chi connectivity index (χ1) is 12.0. The highest BCUT2D eigenvalue weighted by molar-refractivity contribution is 6.30. The number of nitrogens with zero attached hydrogens (tertiary/aromatic N) is 1. The predicted octanol–water partition coefficient (Wildman–Crippen LogP) is 4.21. The second-order valence-electron chi connectivity index (χ2n) is 6.22. The molecule has 1 aromatic heterocycles. The number of aromatic carboxylic acids is 1. The van der Waals surface area contributed by atoms with Gasteiger partial charge in [-0.3, -0.25) is 4.79 Å². The van der Waals surface area contributed by atoms with E-state index in [4.69, 9.17) is 16.0 Å². The highest BCUT2D eigenvalue weighted by Gasteiger charge is 2.28. The van der Waals surface area contributed by atoms with Gasteiger partial charge in [0.05, 0.1) is 0 Å². The molecule has 5 nitrogen and oxygen atoms in total. The summed E-state index contributed by atoms with van der Waals surface area (Å²) >= 11 is 5.93. The van der Waals surface area contributed by atoms with E-state index in [0.29, 0.717) is 31.2 Å². The molecular formula is C19H20ClNO4. The van der Waals surface area contributed by atoms with Gasteiger partial charge in [0.25, 0.3) is 5.91 Å². The molecule has 0 unspecified atom stereocenters. The van der Waals surface area contributed by atoms with E-state index in [0.717, 1.165) is 17.9 Å². The fourth-order valence-corrected chi connectivity index (χ4v) is 3.41.